The average Bonchev–Trinajstić information content (AvgIpc) is 3.14. The zero-order valence-electron chi connectivity index (χ0n) is 19.5. The van der Waals surface area contributed by atoms with E-state index in [9.17, 15) is 13.2 Å². The molecule has 6 nitrogen and oxygen atoms in total. The van der Waals surface area contributed by atoms with Gasteiger partial charge in [-0.05, 0) is 54.8 Å². The van der Waals surface area contributed by atoms with Gasteiger partial charge in [0, 0.05) is 25.2 Å². The number of thiazole rings is 1. The van der Waals surface area contributed by atoms with Gasteiger partial charge in [-0.2, -0.15) is 9.30 Å². The first-order valence-corrected chi connectivity index (χ1v) is 13.5. The summed E-state index contributed by atoms with van der Waals surface area (Å²) in [7, 11) is -3.57. The molecule has 0 bridgehead atoms. The summed E-state index contributed by atoms with van der Waals surface area (Å²) >= 11 is 1.48. The van der Waals surface area contributed by atoms with E-state index < -0.39 is 15.9 Å². The third-order valence-corrected chi connectivity index (χ3v) is 8.62. The minimum atomic E-state index is -3.57. The maximum absolute atomic E-state index is 12.9. The van der Waals surface area contributed by atoms with Crippen molar-refractivity contribution in [1.82, 2.24) is 8.87 Å². The summed E-state index contributed by atoms with van der Waals surface area (Å²) in [5.74, 6) is -0.405. The lowest BCUT2D eigenvalue weighted by molar-refractivity contribution is 0.0997. The number of allylic oxidation sites excluding steroid dienone is 1. The first-order valence-electron chi connectivity index (χ1n) is 11.3. The monoisotopic (exact) mass is 485 g/mol. The van der Waals surface area contributed by atoms with Crippen LogP contribution in [0.2, 0.25) is 0 Å². The fraction of sp³-hybridized carbons (Fsp3) is 0.360. The summed E-state index contributed by atoms with van der Waals surface area (Å²) in [6, 6.07) is 12.4. The number of aryl methyl sites for hydroxylation is 1. The van der Waals surface area contributed by atoms with Crippen LogP contribution in [0.1, 0.15) is 49.5 Å². The van der Waals surface area contributed by atoms with Crippen LogP contribution in [0, 0.1) is 0 Å². The zero-order valence-corrected chi connectivity index (χ0v) is 21.1. The van der Waals surface area contributed by atoms with Gasteiger partial charge in [0.2, 0.25) is 10.0 Å². The molecule has 0 saturated heterocycles. The number of aromatic nitrogens is 1. The van der Waals surface area contributed by atoms with Gasteiger partial charge in [-0.1, -0.05) is 50.7 Å². The Hall–Kier alpha value is -2.55. The SMILES string of the molecule is C=CCn1c(=NC(=O)c2ccc(S(=O)(=O)N(CC)CC)cc2)sc2cc(CCCC)ccc21. The number of unbranched alkanes of at least 4 members (excludes halogenated alkanes) is 1. The number of amides is 1. The fourth-order valence-electron chi connectivity index (χ4n) is 3.68. The summed E-state index contributed by atoms with van der Waals surface area (Å²) in [5.41, 5.74) is 2.64. The molecule has 0 unspecified atom stereocenters. The van der Waals surface area contributed by atoms with E-state index in [1.54, 1.807) is 19.9 Å². The number of sulfonamides is 1. The Kier molecular flexibility index (Phi) is 8.40. The fourth-order valence-corrected chi connectivity index (χ4v) is 6.24. The van der Waals surface area contributed by atoms with Crippen molar-refractivity contribution in [1.29, 1.82) is 0 Å². The molecule has 3 rings (SSSR count). The van der Waals surface area contributed by atoms with E-state index in [0.29, 0.717) is 30.0 Å². The molecule has 0 aliphatic rings. The molecule has 176 valence electrons. The second kappa shape index (κ2) is 11.0. The van der Waals surface area contributed by atoms with Gasteiger partial charge in [0.15, 0.2) is 4.80 Å². The van der Waals surface area contributed by atoms with Crippen LogP contribution in [0.4, 0.5) is 0 Å². The van der Waals surface area contributed by atoms with E-state index >= 15 is 0 Å². The van der Waals surface area contributed by atoms with E-state index in [1.807, 2.05) is 4.57 Å². The van der Waals surface area contributed by atoms with Crippen molar-refractivity contribution in [2.45, 2.75) is 51.5 Å². The van der Waals surface area contributed by atoms with Gasteiger partial charge in [-0.3, -0.25) is 4.79 Å². The van der Waals surface area contributed by atoms with Crippen molar-refractivity contribution in [3.8, 4) is 0 Å². The molecule has 0 saturated carbocycles. The number of hydrogen-bond acceptors (Lipinski definition) is 4. The van der Waals surface area contributed by atoms with E-state index in [2.05, 4.69) is 36.7 Å². The van der Waals surface area contributed by atoms with Gasteiger partial charge in [-0.15, -0.1) is 6.58 Å². The lowest BCUT2D eigenvalue weighted by Gasteiger charge is -2.18. The molecule has 0 aliphatic carbocycles. The molecule has 1 amide bonds. The number of nitrogens with zero attached hydrogens (tertiary/aromatic N) is 3. The smallest absolute Gasteiger partial charge is 0.279 e. The molecule has 0 N–H and O–H groups in total. The minimum Gasteiger partial charge on any atom is -0.312 e. The highest BCUT2D eigenvalue weighted by Crippen LogP contribution is 2.21. The Labute approximate surface area is 200 Å². The first kappa shape index (κ1) is 25.1. The number of rotatable bonds is 10. The summed E-state index contributed by atoms with van der Waals surface area (Å²) < 4.78 is 29.8. The summed E-state index contributed by atoms with van der Waals surface area (Å²) in [4.78, 5) is 18.0. The van der Waals surface area contributed by atoms with Crippen LogP contribution in [-0.2, 0) is 23.0 Å². The van der Waals surface area contributed by atoms with Crippen LogP contribution in [-0.4, -0.2) is 36.3 Å². The molecule has 8 heteroatoms. The van der Waals surface area contributed by atoms with Crippen LogP contribution < -0.4 is 4.80 Å². The quantitative estimate of drug-likeness (QED) is 0.379. The highest BCUT2D eigenvalue weighted by molar-refractivity contribution is 7.89. The molecule has 1 aromatic heterocycles. The van der Waals surface area contributed by atoms with Crippen molar-refractivity contribution in [3.63, 3.8) is 0 Å². The second-order valence-electron chi connectivity index (χ2n) is 7.72. The van der Waals surface area contributed by atoms with Crippen molar-refractivity contribution >= 4 is 37.5 Å². The largest absolute Gasteiger partial charge is 0.312 e. The topological polar surface area (TPSA) is 71.7 Å². The van der Waals surface area contributed by atoms with Gasteiger partial charge < -0.3 is 4.57 Å². The van der Waals surface area contributed by atoms with Gasteiger partial charge in [0.05, 0.1) is 15.1 Å². The van der Waals surface area contributed by atoms with E-state index in [1.165, 1.54) is 45.5 Å². The van der Waals surface area contributed by atoms with Crippen molar-refractivity contribution in [2.24, 2.45) is 4.99 Å². The first-order chi connectivity index (χ1) is 15.8. The van der Waals surface area contributed by atoms with Crippen molar-refractivity contribution in [2.75, 3.05) is 13.1 Å². The Morgan fingerprint density at radius 2 is 1.82 bits per heavy atom. The maximum atomic E-state index is 12.9. The standard InChI is InChI=1S/C25H31N3O3S2/c1-5-9-10-19-11-16-22-23(18-19)32-25(28(22)17-6-2)26-24(29)20-12-14-21(15-13-20)33(30,31)27(7-3)8-4/h6,11-16,18H,2,5,7-10,17H2,1,3-4H3. The molecule has 2 aromatic carbocycles. The Balaban J connectivity index is 1.96. The predicted molar refractivity (Wildman–Crippen MR) is 135 cm³/mol. The van der Waals surface area contributed by atoms with Crippen LogP contribution in [0.15, 0.2) is 65.0 Å². The normalized spacial score (nSPS) is 12.5. The van der Waals surface area contributed by atoms with E-state index in [0.717, 1.165) is 29.5 Å². The maximum Gasteiger partial charge on any atom is 0.279 e. The third kappa shape index (κ3) is 5.51. The summed E-state index contributed by atoms with van der Waals surface area (Å²) in [6.45, 7) is 10.9. The Bertz CT molecular complexity index is 1300. The molecule has 0 fully saturated rings. The highest BCUT2D eigenvalue weighted by Gasteiger charge is 2.21. The molecule has 0 spiro atoms. The molecular formula is C25H31N3O3S2. The number of benzene rings is 2. The van der Waals surface area contributed by atoms with Gasteiger partial charge in [-0.25, -0.2) is 8.42 Å². The Morgan fingerprint density at radius 3 is 2.42 bits per heavy atom. The van der Waals surface area contributed by atoms with Gasteiger partial charge >= 0.3 is 0 Å². The lowest BCUT2D eigenvalue weighted by atomic mass is 10.1. The van der Waals surface area contributed by atoms with Crippen LogP contribution >= 0.6 is 11.3 Å². The van der Waals surface area contributed by atoms with Gasteiger partial charge in [0.1, 0.15) is 0 Å². The van der Waals surface area contributed by atoms with E-state index in [4.69, 9.17) is 0 Å². The summed E-state index contributed by atoms with van der Waals surface area (Å²) in [6.07, 6.45) is 5.09. The third-order valence-electron chi connectivity index (χ3n) is 5.52. The van der Waals surface area contributed by atoms with Gasteiger partial charge in [0.25, 0.3) is 5.91 Å². The minimum absolute atomic E-state index is 0.172. The predicted octanol–water partition coefficient (Wildman–Crippen LogP) is 5.00. The molecule has 0 atom stereocenters. The molecule has 3 aromatic rings. The molecule has 0 radical (unpaired) electrons. The zero-order chi connectivity index (χ0) is 24.0. The second-order valence-corrected chi connectivity index (χ2v) is 10.7. The molecule has 0 aliphatic heterocycles. The Morgan fingerprint density at radius 1 is 1.12 bits per heavy atom. The van der Waals surface area contributed by atoms with E-state index in [-0.39, 0.29) is 4.90 Å². The number of carbonyl (C=O) groups is 1. The average molecular weight is 486 g/mol. The number of hydrogen-bond donors (Lipinski definition) is 0. The van der Waals surface area contributed by atoms with Crippen LogP contribution in [0.5, 0.6) is 0 Å². The van der Waals surface area contributed by atoms with Crippen molar-refractivity contribution in [3.05, 3.63) is 71.0 Å². The lowest BCUT2D eigenvalue weighted by Crippen LogP contribution is -2.30. The summed E-state index contributed by atoms with van der Waals surface area (Å²) in [5, 5.41) is 0. The molecule has 33 heavy (non-hydrogen) atoms. The van der Waals surface area contributed by atoms with Crippen molar-refractivity contribution < 1.29 is 13.2 Å². The highest BCUT2D eigenvalue weighted by atomic mass is 32.2. The van der Waals surface area contributed by atoms with Crippen LogP contribution in [0.25, 0.3) is 10.2 Å². The molecular weight excluding hydrogens is 454 g/mol. The van der Waals surface area contributed by atoms with Crippen LogP contribution in [0.3, 0.4) is 0 Å². The molecule has 1 heterocycles. The number of fused-ring (bicyclic) bond motifs is 1. The number of carbonyl (C=O) groups excluding carboxylic acids is 1.